The van der Waals surface area contributed by atoms with Gasteiger partial charge in [-0.1, -0.05) is 18.2 Å². The first-order valence-electron chi connectivity index (χ1n) is 6.06. The molecule has 21 heavy (non-hydrogen) atoms. The molecular formula is C14H14F2N2O2S. The fourth-order valence-electron chi connectivity index (χ4n) is 1.94. The van der Waals surface area contributed by atoms with Crippen LogP contribution in [0.2, 0.25) is 0 Å². The van der Waals surface area contributed by atoms with Crippen LogP contribution in [0.15, 0.2) is 35.2 Å². The van der Waals surface area contributed by atoms with Gasteiger partial charge in [0.25, 0.3) is 10.0 Å². The lowest BCUT2D eigenvalue weighted by molar-refractivity contribution is 0.511. The van der Waals surface area contributed by atoms with Crippen LogP contribution < -0.4 is 10.5 Å². The predicted octanol–water partition coefficient (Wildman–Crippen LogP) is 2.96. The first kappa shape index (κ1) is 15.2. The van der Waals surface area contributed by atoms with Crippen LogP contribution in [0.3, 0.4) is 0 Å². The number of hydrogen-bond donors (Lipinski definition) is 2. The molecule has 0 fully saturated rings. The van der Waals surface area contributed by atoms with E-state index in [1.807, 2.05) is 4.72 Å². The Morgan fingerprint density at radius 3 is 2.33 bits per heavy atom. The molecule has 2 rings (SSSR count). The molecule has 0 aliphatic carbocycles. The highest BCUT2D eigenvalue weighted by molar-refractivity contribution is 7.93. The highest BCUT2D eigenvalue weighted by Crippen LogP contribution is 2.28. The summed E-state index contributed by atoms with van der Waals surface area (Å²) in [6.07, 6.45) is 0. The van der Waals surface area contributed by atoms with E-state index < -0.39 is 27.3 Å². The number of nitrogens with one attached hydrogen (secondary N) is 1. The summed E-state index contributed by atoms with van der Waals surface area (Å²) in [5, 5.41) is 0. The molecule has 0 atom stereocenters. The lowest BCUT2D eigenvalue weighted by atomic mass is 10.1. The van der Waals surface area contributed by atoms with Gasteiger partial charge in [0.05, 0.1) is 11.4 Å². The summed E-state index contributed by atoms with van der Waals surface area (Å²) in [6.45, 7) is 3.24. The van der Waals surface area contributed by atoms with Gasteiger partial charge in [0.1, 0.15) is 4.90 Å². The van der Waals surface area contributed by atoms with Crippen LogP contribution in [0.1, 0.15) is 11.1 Å². The van der Waals surface area contributed by atoms with Crippen LogP contribution in [-0.2, 0) is 10.0 Å². The first-order valence-corrected chi connectivity index (χ1v) is 7.55. The van der Waals surface area contributed by atoms with E-state index in [2.05, 4.69) is 0 Å². The molecule has 0 saturated carbocycles. The molecule has 0 aromatic heterocycles. The molecule has 0 heterocycles. The molecule has 0 aliphatic rings. The van der Waals surface area contributed by atoms with Gasteiger partial charge < -0.3 is 5.73 Å². The van der Waals surface area contributed by atoms with Crippen LogP contribution in [0.25, 0.3) is 0 Å². The number of hydrogen-bond acceptors (Lipinski definition) is 3. The van der Waals surface area contributed by atoms with E-state index in [-0.39, 0.29) is 10.6 Å². The highest BCUT2D eigenvalue weighted by atomic mass is 32.2. The maximum Gasteiger partial charge on any atom is 0.264 e. The predicted molar refractivity (Wildman–Crippen MR) is 77.5 cm³/mol. The van der Waals surface area contributed by atoms with E-state index in [0.717, 1.165) is 12.1 Å². The average Bonchev–Trinajstić information content (AvgIpc) is 2.39. The second-order valence-corrected chi connectivity index (χ2v) is 6.27. The van der Waals surface area contributed by atoms with E-state index in [0.29, 0.717) is 11.1 Å². The van der Waals surface area contributed by atoms with Gasteiger partial charge >= 0.3 is 0 Å². The van der Waals surface area contributed by atoms with Crippen molar-refractivity contribution in [2.45, 2.75) is 18.7 Å². The standard InChI is InChI=1S/C14H14F2N2O2S/c1-8-6-7-9(2)14(13(8)17)21(19,20)18-11-5-3-4-10(15)12(11)16/h3-7,18H,17H2,1-2H3. The molecule has 7 heteroatoms. The molecule has 3 N–H and O–H groups in total. The third-order valence-electron chi connectivity index (χ3n) is 3.08. The van der Waals surface area contributed by atoms with Crippen molar-refractivity contribution in [2.75, 3.05) is 10.5 Å². The molecule has 0 spiro atoms. The van der Waals surface area contributed by atoms with Gasteiger partial charge in [0.15, 0.2) is 11.6 Å². The SMILES string of the molecule is Cc1ccc(C)c(S(=O)(=O)Nc2cccc(F)c2F)c1N. The van der Waals surface area contributed by atoms with Gasteiger partial charge in [-0.2, -0.15) is 0 Å². The van der Waals surface area contributed by atoms with Crippen LogP contribution in [0.4, 0.5) is 20.2 Å². The van der Waals surface area contributed by atoms with Gasteiger partial charge in [-0.25, -0.2) is 17.2 Å². The topological polar surface area (TPSA) is 72.2 Å². The van der Waals surface area contributed by atoms with Crippen molar-refractivity contribution in [3.63, 3.8) is 0 Å². The molecule has 2 aromatic carbocycles. The van der Waals surface area contributed by atoms with Crippen LogP contribution in [0, 0.1) is 25.5 Å². The van der Waals surface area contributed by atoms with Crippen LogP contribution >= 0.6 is 0 Å². The fourth-order valence-corrected chi connectivity index (χ4v) is 3.43. The molecule has 4 nitrogen and oxygen atoms in total. The summed E-state index contributed by atoms with van der Waals surface area (Å²) < 4.78 is 53.5. The number of rotatable bonds is 3. The molecule has 112 valence electrons. The zero-order valence-electron chi connectivity index (χ0n) is 11.4. The number of sulfonamides is 1. The number of halogens is 2. The van der Waals surface area contributed by atoms with Gasteiger partial charge in [-0.05, 0) is 37.1 Å². The number of nitrogen functional groups attached to an aromatic ring is 1. The Morgan fingerprint density at radius 2 is 1.67 bits per heavy atom. The average molecular weight is 312 g/mol. The fraction of sp³-hybridized carbons (Fsp3) is 0.143. The van der Waals surface area contributed by atoms with Gasteiger partial charge in [-0.15, -0.1) is 0 Å². The van der Waals surface area contributed by atoms with E-state index in [4.69, 9.17) is 5.73 Å². The third-order valence-corrected chi connectivity index (χ3v) is 4.64. The monoisotopic (exact) mass is 312 g/mol. The summed E-state index contributed by atoms with van der Waals surface area (Å²) in [5.41, 5.74) is 6.43. The Balaban J connectivity index is 2.54. The molecule has 0 bridgehead atoms. The Bertz CT molecular complexity index is 805. The van der Waals surface area contributed by atoms with Crippen molar-refractivity contribution >= 4 is 21.4 Å². The minimum Gasteiger partial charge on any atom is -0.397 e. The molecule has 0 saturated heterocycles. The highest BCUT2D eigenvalue weighted by Gasteiger charge is 2.23. The summed E-state index contributed by atoms with van der Waals surface area (Å²) in [5.74, 6) is -2.39. The number of benzene rings is 2. The van der Waals surface area contributed by atoms with E-state index >= 15 is 0 Å². The Hall–Kier alpha value is -2.15. The molecule has 2 aromatic rings. The van der Waals surface area contributed by atoms with Crippen LogP contribution in [-0.4, -0.2) is 8.42 Å². The Kier molecular flexibility index (Phi) is 3.87. The zero-order valence-corrected chi connectivity index (χ0v) is 12.3. The largest absolute Gasteiger partial charge is 0.397 e. The second-order valence-electron chi connectivity index (χ2n) is 4.65. The summed E-state index contributed by atoms with van der Waals surface area (Å²) in [7, 11) is -4.12. The second kappa shape index (κ2) is 5.33. The first-order chi connectivity index (χ1) is 9.74. The maximum absolute atomic E-state index is 13.6. The van der Waals surface area contributed by atoms with Crippen molar-refractivity contribution in [3.05, 3.63) is 53.1 Å². The molecular weight excluding hydrogens is 298 g/mol. The minimum absolute atomic E-state index is 0.0827. The normalized spacial score (nSPS) is 11.4. The van der Waals surface area contributed by atoms with Crippen molar-refractivity contribution < 1.29 is 17.2 Å². The quantitative estimate of drug-likeness (QED) is 0.856. The van der Waals surface area contributed by atoms with Crippen molar-refractivity contribution in [1.29, 1.82) is 0 Å². The molecule has 0 aliphatic heterocycles. The molecule has 0 radical (unpaired) electrons. The lowest BCUT2D eigenvalue weighted by Gasteiger charge is -2.14. The number of aryl methyl sites for hydroxylation is 2. The zero-order chi connectivity index (χ0) is 15.8. The van der Waals surface area contributed by atoms with E-state index in [1.165, 1.54) is 6.07 Å². The third kappa shape index (κ3) is 2.82. The summed E-state index contributed by atoms with van der Waals surface area (Å²) >= 11 is 0. The van der Waals surface area contributed by atoms with Gasteiger partial charge in [0.2, 0.25) is 0 Å². The minimum atomic E-state index is -4.12. The Morgan fingerprint density at radius 1 is 1.05 bits per heavy atom. The lowest BCUT2D eigenvalue weighted by Crippen LogP contribution is -2.18. The smallest absolute Gasteiger partial charge is 0.264 e. The van der Waals surface area contributed by atoms with Crippen molar-refractivity contribution in [1.82, 2.24) is 0 Å². The van der Waals surface area contributed by atoms with Gasteiger partial charge in [-0.3, -0.25) is 4.72 Å². The van der Waals surface area contributed by atoms with E-state index in [9.17, 15) is 17.2 Å². The maximum atomic E-state index is 13.6. The molecule has 0 unspecified atom stereocenters. The number of nitrogens with two attached hydrogens (primary N) is 1. The summed E-state index contributed by atoms with van der Waals surface area (Å²) in [4.78, 5) is -0.133. The van der Waals surface area contributed by atoms with E-state index in [1.54, 1.807) is 26.0 Å². The van der Waals surface area contributed by atoms with Crippen molar-refractivity contribution in [3.8, 4) is 0 Å². The van der Waals surface area contributed by atoms with Crippen LogP contribution in [0.5, 0.6) is 0 Å². The number of anilines is 2. The Labute approximate surface area is 121 Å². The van der Waals surface area contributed by atoms with Crippen molar-refractivity contribution in [2.24, 2.45) is 0 Å². The van der Waals surface area contributed by atoms with Gasteiger partial charge in [0, 0.05) is 0 Å². The summed E-state index contributed by atoms with van der Waals surface area (Å²) in [6, 6.07) is 6.54. The molecule has 0 amide bonds.